The average Bonchev–Trinajstić information content (AvgIpc) is 2.86. The summed E-state index contributed by atoms with van der Waals surface area (Å²) >= 11 is 0. The molecule has 3 rings (SSSR count). The first-order chi connectivity index (χ1) is 10.7. The van der Waals surface area contributed by atoms with E-state index in [0.717, 1.165) is 19.7 Å². The molecule has 22 heavy (non-hydrogen) atoms. The van der Waals surface area contributed by atoms with Crippen molar-refractivity contribution in [2.45, 2.75) is 33.0 Å². The van der Waals surface area contributed by atoms with Crippen LogP contribution in [0.2, 0.25) is 0 Å². The number of ether oxygens (including phenoxy) is 1. The van der Waals surface area contributed by atoms with Crippen LogP contribution in [-0.4, -0.2) is 24.3 Å². The fraction of sp³-hybridized carbons (Fsp3) is 0.368. The number of hydrogen-bond acceptors (Lipinski definition) is 2. The number of benzene rings is 2. The van der Waals surface area contributed by atoms with Crippen molar-refractivity contribution in [3.05, 3.63) is 48.0 Å². The Hall–Kier alpha value is -1.84. The Bertz CT molecular complexity index is 776. The summed E-state index contributed by atoms with van der Waals surface area (Å²) in [5, 5.41) is 6.18. The summed E-state index contributed by atoms with van der Waals surface area (Å²) in [6.07, 6.45) is 0. The predicted octanol–water partition coefficient (Wildman–Crippen LogP) is 3.94. The topological polar surface area (TPSA) is 26.2 Å². The molecule has 1 aromatic heterocycles. The van der Waals surface area contributed by atoms with Gasteiger partial charge in [0.05, 0.1) is 6.61 Å². The lowest BCUT2D eigenvalue weighted by Crippen LogP contribution is -2.29. The van der Waals surface area contributed by atoms with E-state index >= 15 is 0 Å². The molecule has 0 aliphatic heterocycles. The normalized spacial score (nSPS) is 13.0. The van der Waals surface area contributed by atoms with Gasteiger partial charge in [0.2, 0.25) is 0 Å². The lowest BCUT2D eigenvalue weighted by Gasteiger charge is -2.12. The van der Waals surface area contributed by atoms with Crippen LogP contribution in [0.4, 0.5) is 0 Å². The highest BCUT2D eigenvalue weighted by Gasteiger charge is 2.09. The Morgan fingerprint density at radius 2 is 1.86 bits per heavy atom. The number of para-hydroxylation sites is 1. The molecule has 0 unspecified atom stereocenters. The van der Waals surface area contributed by atoms with Gasteiger partial charge >= 0.3 is 0 Å². The molecule has 0 amide bonds. The van der Waals surface area contributed by atoms with Gasteiger partial charge in [0, 0.05) is 48.0 Å². The summed E-state index contributed by atoms with van der Waals surface area (Å²) in [5.41, 5.74) is 3.95. The summed E-state index contributed by atoms with van der Waals surface area (Å²) < 4.78 is 7.56. The van der Waals surface area contributed by atoms with Gasteiger partial charge in [0.15, 0.2) is 0 Å². The molecule has 0 saturated heterocycles. The van der Waals surface area contributed by atoms with E-state index in [1.165, 1.54) is 27.4 Å². The maximum atomic E-state index is 5.17. The molecular weight excluding hydrogens is 272 g/mol. The summed E-state index contributed by atoms with van der Waals surface area (Å²) in [4.78, 5) is 0. The van der Waals surface area contributed by atoms with E-state index in [2.05, 4.69) is 66.2 Å². The summed E-state index contributed by atoms with van der Waals surface area (Å²) in [5.74, 6) is 0. The van der Waals surface area contributed by atoms with E-state index in [4.69, 9.17) is 4.74 Å². The SMILES string of the molecule is CCn1c2ccccc2c2cc(CN[C@H](C)COC)ccc21. The van der Waals surface area contributed by atoms with Gasteiger partial charge in [-0.3, -0.25) is 0 Å². The first kappa shape index (κ1) is 15.1. The molecule has 0 saturated carbocycles. The first-order valence-electron chi connectivity index (χ1n) is 7.96. The number of aryl methyl sites for hydroxylation is 1. The van der Waals surface area contributed by atoms with Gasteiger partial charge in [-0.05, 0) is 37.6 Å². The fourth-order valence-corrected chi connectivity index (χ4v) is 3.15. The van der Waals surface area contributed by atoms with Crippen LogP contribution < -0.4 is 5.32 Å². The van der Waals surface area contributed by atoms with E-state index in [-0.39, 0.29) is 0 Å². The molecule has 0 bridgehead atoms. The molecule has 2 aromatic carbocycles. The van der Waals surface area contributed by atoms with Crippen LogP contribution in [0.25, 0.3) is 21.8 Å². The maximum Gasteiger partial charge on any atom is 0.0613 e. The van der Waals surface area contributed by atoms with E-state index in [1.54, 1.807) is 7.11 Å². The molecule has 116 valence electrons. The van der Waals surface area contributed by atoms with Crippen LogP contribution in [0, 0.1) is 0 Å². The predicted molar refractivity (Wildman–Crippen MR) is 93.3 cm³/mol. The maximum absolute atomic E-state index is 5.17. The molecule has 0 spiro atoms. The molecule has 3 heteroatoms. The van der Waals surface area contributed by atoms with Gasteiger partial charge in [0.25, 0.3) is 0 Å². The molecule has 3 aromatic rings. The van der Waals surface area contributed by atoms with Crippen LogP contribution in [0.5, 0.6) is 0 Å². The van der Waals surface area contributed by atoms with Gasteiger partial charge in [-0.1, -0.05) is 24.3 Å². The smallest absolute Gasteiger partial charge is 0.0613 e. The van der Waals surface area contributed by atoms with Crippen LogP contribution in [0.3, 0.4) is 0 Å². The van der Waals surface area contributed by atoms with E-state index in [0.29, 0.717) is 6.04 Å². The second-order valence-corrected chi connectivity index (χ2v) is 5.85. The Kier molecular flexibility index (Phi) is 4.46. The summed E-state index contributed by atoms with van der Waals surface area (Å²) in [6, 6.07) is 15.8. The van der Waals surface area contributed by atoms with Gasteiger partial charge in [0.1, 0.15) is 0 Å². The van der Waals surface area contributed by atoms with Crippen molar-refractivity contribution >= 4 is 21.8 Å². The van der Waals surface area contributed by atoms with Crippen molar-refractivity contribution in [3.63, 3.8) is 0 Å². The molecule has 0 radical (unpaired) electrons. The zero-order valence-electron chi connectivity index (χ0n) is 13.6. The Morgan fingerprint density at radius 3 is 2.64 bits per heavy atom. The fourth-order valence-electron chi connectivity index (χ4n) is 3.15. The lowest BCUT2D eigenvalue weighted by molar-refractivity contribution is 0.171. The molecule has 0 aliphatic rings. The number of fused-ring (bicyclic) bond motifs is 3. The number of hydrogen-bond donors (Lipinski definition) is 1. The molecule has 1 atom stereocenters. The van der Waals surface area contributed by atoms with Crippen LogP contribution in [0.1, 0.15) is 19.4 Å². The highest BCUT2D eigenvalue weighted by atomic mass is 16.5. The van der Waals surface area contributed by atoms with Crippen molar-refractivity contribution in [2.24, 2.45) is 0 Å². The van der Waals surface area contributed by atoms with E-state index in [1.807, 2.05) is 0 Å². The minimum absolute atomic E-state index is 0.359. The minimum atomic E-state index is 0.359. The molecule has 1 N–H and O–H groups in total. The second-order valence-electron chi connectivity index (χ2n) is 5.85. The molecule has 0 aliphatic carbocycles. The van der Waals surface area contributed by atoms with Crippen molar-refractivity contribution in [2.75, 3.05) is 13.7 Å². The monoisotopic (exact) mass is 296 g/mol. The standard InChI is InChI=1S/C19H24N2O/c1-4-21-18-8-6-5-7-16(18)17-11-15(9-10-19(17)21)12-20-14(2)13-22-3/h5-11,14,20H,4,12-13H2,1-3H3/t14-/m1/s1. The largest absolute Gasteiger partial charge is 0.383 e. The number of nitrogens with one attached hydrogen (secondary N) is 1. The van der Waals surface area contributed by atoms with E-state index in [9.17, 15) is 0 Å². The number of aromatic nitrogens is 1. The van der Waals surface area contributed by atoms with Crippen molar-refractivity contribution < 1.29 is 4.74 Å². The molecule has 3 nitrogen and oxygen atoms in total. The number of nitrogens with zero attached hydrogens (tertiary/aromatic N) is 1. The Labute approximate surface area is 131 Å². The average molecular weight is 296 g/mol. The van der Waals surface area contributed by atoms with Crippen molar-refractivity contribution in [1.29, 1.82) is 0 Å². The first-order valence-corrected chi connectivity index (χ1v) is 7.96. The van der Waals surface area contributed by atoms with Gasteiger partial charge < -0.3 is 14.6 Å². The van der Waals surface area contributed by atoms with Gasteiger partial charge in [-0.15, -0.1) is 0 Å². The molecular formula is C19H24N2O. The zero-order chi connectivity index (χ0) is 15.5. The number of methoxy groups -OCH3 is 1. The third-order valence-electron chi connectivity index (χ3n) is 4.22. The Morgan fingerprint density at radius 1 is 1.09 bits per heavy atom. The van der Waals surface area contributed by atoms with Crippen LogP contribution in [0.15, 0.2) is 42.5 Å². The van der Waals surface area contributed by atoms with Crippen LogP contribution in [-0.2, 0) is 17.8 Å². The highest BCUT2D eigenvalue weighted by Crippen LogP contribution is 2.29. The summed E-state index contributed by atoms with van der Waals surface area (Å²) in [7, 11) is 1.74. The lowest BCUT2D eigenvalue weighted by atomic mass is 10.1. The van der Waals surface area contributed by atoms with Gasteiger partial charge in [-0.25, -0.2) is 0 Å². The summed E-state index contributed by atoms with van der Waals surface area (Å²) in [6.45, 7) is 6.94. The van der Waals surface area contributed by atoms with E-state index < -0.39 is 0 Å². The van der Waals surface area contributed by atoms with Gasteiger partial charge in [-0.2, -0.15) is 0 Å². The van der Waals surface area contributed by atoms with Crippen molar-refractivity contribution in [3.8, 4) is 0 Å². The highest BCUT2D eigenvalue weighted by molar-refractivity contribution is 6.08. The molecule has 1 heterocycles. The third-order valence-corrected chi connectivity index (χ3v) is 4.22. The van der Waals surface area contributed by atoms with Crippen molar-refractivity contribution in [1.82, 2.24) is 9.88 Å². The molecule has 0 fully saturated rings. The third kappa shape index (κ3) is 2.74. The minimum Gasteiger partial charge on any atom is -0.383 e. The second kappa shape index (κ2) is 6.51. The van der Waals surface area contributed by atoms with Crippen LogP contribution >= 0.6 is 0 Å². The Balaban J connectivity index is 1.97. The zero-order valence-corrected chi connectivity index (χ0v) is 13.6. The number of rotatable bonds is 6. The quantitative estimate of drug-likeness (QED) is 0.745.